The van der Waals surface area contributed by atoms with Crippen LogP contribution in [-0.4, -0.2) is 48.9 Å². The first-order chi connectivity index (χ1) is 13.0. The fourth-order valence-electron chi connectivity index (χ4n) is 3.71. The minimum atomic E-state index is -0.0986. The number of aromatic nitrogens is 1. The molecule has 0 saturated carbocycles. The van der Waals surface area contributed by atoms with Crippen molar-refractivity contribution in [2.45, 2.75) is 19.3 Å². The Hall–Kier alpha value is -2.11. The molecule has 2 heterocycles. The molecule has 2 aromatic rings. The van der Waals surface area contributed by atoms with E-state index in [-0.39, 0.29) is 5.91 Å². The van der Waals surface area contributed by atoms with Gasteiger partial charge in [0.05, 0.1) is 0 Å². The molecule has 0 unspecified atom stereocenters. The summed E-state index contributed by atoms with van der Waals surface area (Å²) in [4.78, 5) is 16.8. The molecule has 1 saturated heterocycles. The Kier molecular flexibility index (Phi) is 6.69. The minimum Gasteiger partial charge on any atom is -0.619 e. The lowest BCUT2D eigenvalue weighted by molar-refractivity contribution is -0.605. The molecule has 1 aromatic carbocycles. The number of hydrogen-bond acceptors (Lipinski definition) is 3. The summed E-state index contributed by atoms with van der Waals surface area (Å²) in [5.41, 5.74) is 1.73. The van der Waals surface area contributed by atoms with Crippen LogP contribution in [0.25, 0.3) is 0 Å². The standard InChI is InChI=1S/C21H26ClN3O2/c1-23(21(26)19-5-3-12-25(27)16-19)14-18-4-2-11-24(15-18)13-10-17-6-8-20(22)9-7-17/h3,5-9,12,16,18H,2,4,10-11,13-15H2,1H3/t18-/m0/s1. The first-order valence-electron chi connectivity index (χ1n) is 9.42. The lowest BCUT2D eigenvalue weighted by Gasteiger charge is -2.34. The number of hydrogen-bond donors (Lipinski definition) is 0. The Morgan fingerprint density at radius 1 is 1.33 bits per heavy atom. The fraction of sp³-hybridized carbons (Fsp3) is 0.429. The second-order valence-corrected chi connectivity index (χ2v) is 7.76. The summed E-state index contributed by atoms with van der Waals surface area (Å²) in [6, 6.07) is 11.3. The number of benzene rings is 1. The molecule has 27 heavy (non-hydrogen) atoms. The van der Waals surface area contributed by atoms with E-state index in [4.69, 9.17) is 11.6 Å². The van der Waals surface area contributed by atoms with E-state index < -0.39 is 0 Å². The summed E-state index contributed by atoms with van der Waals surface area (Å²) >= 11 is 5.95. The lowest BCUT2D eigenvalue weighted by Crippen LogP contribution is -2.42. The first kappa shape index (κ1) is 19.6. The van der Waals surface area contributed by atoms with E-state index in [2.05, 4.69) is 17.0 Å². The van der Waals surface area contributed by atoms with Gasteiger partial charge in [-0.25, -0.2) is 0 Å². The van der Waals surface area contributed by atoms with Crippen LogP contribution in [0.4, 0.5) is 0 Å². The Morgan fingerprint density at radius 3 is 2.85 bits per heavy atom. The maximum absolute atomic E-state index is 12.5. The van der Waals surface area contributed by atoms with Crippen molar-refractivity contribution in [1.82, 2.24) is 9.80 Å². The molecule has 6 heteroatoms. The molecular weight excluding hydrogens is 362 g/mol. The third-order valence-corrected chi connectivity index (χ3v) is 5.39. The average molecular weight is 388 g/mol. The molecular formula is C21H26ClN3O2. The molecule has 1 atom stereocenters. The predicted molar refractivity (Wildman–Crippen MR) is 107 cm³/mol. The van der Waals surface area contributed by atoms with Crippen molar-refractivity contribution < 1.29 is 9.52 Å². The van der Waals surface area contributed by atoms with Crippen molar-refractivity contribution in [3.8, 4) is 0 Å². The number of pyridine rings is 1. The second-order valence-electron chi connectivity index (χ2n) is 7.32. The van der Waals surface area contributed by atoms with Crippen LogP contribution in [0.1, 0.15) is 28.8 Å². The summed E-state index contributed by atoms with van der Waals surface area (Å²) < 4.78 is 0.667. The molecule has 3 rings (SSSR count). The summed E-state index contributed by atoms with van der Waals surface area (Å²) in [6.07, 6.45) is 6.01. The number of nitrogens with zero attached hydrogens (tertiary/aromatic N) is 3. The van der Waals surface area contributed by atoms with Crippen LogP contribution < -0.4 is 4.73 Å². The van der Waals surface area contributed by atoms with Crippen molar-refractivity contribution in [3.63, 3.8) is 0 Å². The molecule has 144 valence electrons. The SMILES string of the molecule is CN(C[C@@H]1CCCN(CCc2ccc(Cl)cc2)C1)C(=O)c1ccc[n+]([O-])c1. The van der Waals surface area contributed by atoms with E-state index in [1.165, 1.54) is 18.0 Å². The number of amides is 1. The quantitative estimate of drug-likeness (QED) is 0.565. The van der Waals surface area contributed by atoms with Gasteiger partial charge in [0.2, 0.25) is 0 Å². The van der Waals surface area contributed by atoms with E-state index in [1.807, 2.05) is 19.2 Å². The molecule has 1 aliphatic rings. The number of piperidine rings is 1. The van der Waals surface area contributed by atoms with E-state index in [0.717, 1.165) is 43.9 Å². The summed E-state index contributed by atoms with van der Waals surface area (Å²) in [5.74, 6) is 0.361. The topological polar surface area (TPSA) is 50.5 Å². The van der Waals surface area contributed by atoms with Crippen molar-refractivity contribution in [2.24, 2.45) is 5.92 Å². The van der Waals surface area contributed by atoms with Crippen molar-refractivity contribution >= 4 is 17.5 Å². The summed E-state index contributed by atoms with van der Waals surface area (Å²) in [7, 11) is 1.82. The number of carbonyl (C=O) groups excluding carboxylic acids is 1. The highest BCUT2D eigenvalue weighted by atomic mass is 35.5. The predicted octanol–water partition coefficient (Wildman–Crippen LogP) is 3.00. The largest absolute Gasteiger partial charge is 0.619 e. The molecule has 0 aliphatic carbocycles. The maximum Gasteiger partial charge on any atom is 0.259 e. The van der Waals surface area contributed by atoms with Crippen molar-refractivity contribution in [3.05, 3.63) is 70.1 Å². The van der Waals surface area contributed by atoms with Gasteiger partial charge in [-0.15, -0.1) is 0 Å². The minimum absolute atomic E-state index is 0.0986. The zero-order valence-corrected chi connectivity index (χ0v) is 16.4. The van der Waals surface area contributed by atoms with Crippen LogP contribution in [0, 0.1) is 11.1 Å². The van der Waals surface area contributed by atoms with Crippen molar-refractivity contribution in [2.75, 3.05) is 33.2 Å². The monoisotopic (exact) mass is 387 g/mol. The molecule has 1 fully saturated rings. The van der Waals surface area contributed by atoms with Gasteiger partial charge in [-0.2, -0.15) is 4.73 Å². The Labute approximate surface area is 165 Å². The second kappa shape index (κ2) is 9.20. The molecule has 5 nitrogen and oxygen atoms in total. The van der Waals surface area contributed by atoms with Gasteiger partial charge in [0, 0.05) is 37.8 Å². The molecule has 0 spiro atoms. The third kappa shape index (κ3) is 5.68. The van der Waals surface area contributed by atoms with Crippen LogP contribution >= 0.6 is 11.6 Å². The zero-order chi connectivity index (χ0) is 19.2. The fourth-order valence-corrected chi connectivity index (χ4v) is 3.84. The molecule has 0 N–H and O–H groups in total. The van der Waals surface area contributed by atoms with Gasteiger partial charge in [-0.05, 0) is 55.5 Å². The van der Waals surface area contributed by atoms with Crippen LogP contribution in [0.5, 0.6) is 0 Å². The number of rotatable bonds is 6. The van der Waals surface area contributed by atoms with E-state index >= 15 is 0 Å². The van der Waals surface area contributed by atoms with E-state index in [0.29, 0.717) is 22.8 Å². The normalized spacial score (nSPS) is 17.6. The maximum atomic E-state index is 12.5. The van der Waals surface area contributed by atoms with Crippen LogP contribution in [0.15, 0.2) is 48.8 Å². The molecule has 1 aliphatic heterocycles. The summed E-state index contributed by atoms with van der Waals surface area (Å²) in [5, 5.41) is 12.2. The van der Waals surface area contributed by atoms with Crippen molar-refractivity contribution in [1.29, 1.82) is 0 Å². The van der Waals surface area contributed by atoms with Gasteiger partial charge in [-0.1, -0.05) is 23.7 Å². The highest BCUT2D eigenvalue weighted by Gasteiger charge is 2.23. The average Bonchev–Trinajstić information content (AvgIpc) is 2.67. The molecule has 0 radical (unpaired) electrons. The van der Waals surface area contributed by atoms with Gasteiger partial charge in [0.25, 0.3) is 5.91 Å². The Bertz CT molecular complexity index is 766. The highest BCUT2D eigenvalue weighted by molar-refractivity contribution is 6.30. The number of likely N-dealkylation sites (tertiary alicyclic amines) is 1. The Balaban J connectivity index is 1.50. The Morgan fingerprint density at radius 2 is 2.11 bits per heavy atom. The van der Waals surface area contributed by atoms with Gasteiger partial charge in [0.1, 0.15) is 5.56 Å². The van der Waals surface area contributed by atoms with Gasteiger partial charge in [0.15, 0.2) is 12.4 Å². The highest BCUT2D eigenvalue weighted by Crippen LogP contribution is 2.19. The molecule has 1 amide bonds. The first-order valence-corrected chi connectivity index (χ1v) is 9.80. The summed E-state index contributed by atoms with van der Waals surface area (Å²) in [6.45, 7) is 3.84. The van der Waals surface area contributed by atoms with Gasteiger partial charge < -0.3 is 15.0 Å². The van der Waals surface area contributed by atoms with Crippen LogP contribution in [0.3, 0.4) is 0 Å². The lowest BCUT2D eigenvalue weighted by atomic mass is 9.97. The number of halogens is 1. The number of carbonyl (C=O) groups is 1. The smallest absolute Gasteiger partial charge is 0.259 e. The van der Waals surface area contributed by atoms with Crippen LogP contribution in [0.2, 0.25) is 5.02 Å². The van der Waals surface area contributed by atoms with Gasteiger partial charge in [-0.3, -0.25) is 4.79 Å². The molecule has 0 bridgehead atoms. The van der Waals surface area contributed by atoms with E-state index in [9.17, 15) is 10.0 Å². The zero-order valence-electron chi connectivity index (χ0n) is 15.7. The third-order valence-electron chi connectivity index (χ3n) is 5.13. The van der Waals surface area contributed by atoms with E-state index in [1.54, 1.807) is 17.0 Å². The van der Waals surface area contributed by atoms with Gasteiger partial charge >= 0.3 is 0 Å². The van der Waals surface area contributed by atoms with Crippen LogP contribution in [-0.2, 0) is 6.42 Å². The molecule has 1 aromatic heterocycles.